The fraction of sp³-hybridized carbons (Fsp3) is 0.231. The minimum atomic E-state index is -0.912. The number of aliphatic hydroxyl groups excluding tert-OH is 1. The van der Waals surface area contributed by atoms with Gasteiger partial charge in [-0.1, -0.05) is 12.1 Å². The van der Waals surface area contributed by atoms with Gasteiger partial charge in [-0.2, -0.15) is 0 Å². The second kappa shape index (κ2) is 4.10. The van der Waals surface area contributed by atoms with E-state index < -0.39 is 6.10 Å². The summed E-state index contributed by atoms with van der Waals surface area (Å²) in [6, 6.07) is 6.45. The van der Waals surface area contributed by atoms with Crippen molar-refractivity contribution in [2.75, 3.05) is 0 Å². The number of benzene rings is 1. The maximum absolute atomic E-state index is 13.3. The van der Waals surface area contributed by atoms with Gasteiger partial charge in [0.2, 0.25) is 0 Å². The Kier molecular flexibility index (Phi) is 2.79. The summed E-state index contributed by atoms with van der Waals surface area (Å²) in [5, 5.41) is 10.0. The van der Waals surface area contributed by atoms with Crippen molar-refractivity contribution < 1.29 is 13.9 Å². The van der Waals surface area contributed by atoms with E-state index in [0.29, 0.717) is 16.9 Å². The van der Waals surface area contributed by atoms with E-state index >= 15 is 0 Å². The molecular formula is C13H13FO2. The van der Waals surface area contributed by atoms with E-state index in [1.54, 1.807) is 25.1 Å². The molecule has 0 aliphatic carbocycles. The van der Waals surface area contributed by atoms with Crippen LogP contribution >= 0.6 is 0 Å². The van der Waals surface area contributed by atoms with Crippen LogP contribution in [0, 0.1) is 19.7 Å². The van der Waals surface area contributed by atoms with Crippen molar-refractivity contribution in [2.45, 2.75) is 20.0 Å². The van der Waals surface area contributed by atoms with Gasteiger partial charge in [-0.25, -0.2) is 4.39 Å². The summed E-state index contributed by atoms with van der Waals surface area (Å²) in [7, 11) is 0. The van der Waals surface area contributed by atoms with E-state index in [4.69, 9.17) is 4.42 Å². The lowest BCUT2D eigenvalue weighted by Crippen LogP contribution is -2.00. The molecule has 0 saturated carbocycles. The lowest BCUT2D eigenvalue weighted by molar-refractivity contribution is 0.188. The molecule has 1 heterocycles. The Labute approximate surface area is 93.3 Å². The highest BCUT2D eigenvalue weighted by Crippen LogP contribution is 2.26. The van der Waals surface area contributed by atoms with Crippen molar-refractivity contribution in [1.82, 2.24) is 0 Å². The number of hydrogen-bond acceptors (Lipinski definition) is 2. The van der Waals surface area contributed by atoms with Crippen LogP contribution in [0.3, 0.4) is 0 Å². The van der Waals surface area contributed by atoms with Gasteiger partial charge in [0.05, 0.1) is 6.26 Å². The molecular weight excluding hydrogens is 207 g/mol. The molecule has 0 aliphatic heterocycles. The molecule has 1 aromatic carbocycles. The van der Waals surface area contributed by atoms with E-state index in [0.717, 1.165) is 5.56 Å². The average molecular weight is 220 g/mol. The first-order chi connectivity index (χ1) is 7.59. The van der Waals surface area contributed by atoms with Gasteiger partial charge in [0, 0.05) is 0 Å². The second-order valence-corrected chi connectivity index (χ2v) is 3.88. The van der Waals surface area contributed by atoms with Crippen molar-refractivity contribution in [2.24, 2.45) is 0 Å². The summed E-state index contributed by atoms with van der Waals surface area (Å²) >= 11 is 0. The van der Waals surface area contributed by atoms with Crippen LogP contribution < -0.4 is 0 Å². The Hall–Kier alpha value is -1.61. The third kappa shape index (κ3) is 1.86. The number of rotatable bonds is 2. The van der Waals surface area contributed by atoms with Crippen LogP contribution in [-0.4, -0.2) is 5.11 Å². The number of aryl methyl sites for hydroxylation is 2. The van der Waals surface area contributed by atoms with Crippen LogP contribution in [0.5, 0.6) is 0 Å². The lowest BCUT2D eigenvalue weighted by atomic mass is 10.0. The van der Waals surface area contributed by atoms with Crippen molar-refractivity contribution >= 4 is 0 Å². The van der Waals surface area contributed by atoms with Crippen molar-refractivity contribution in [3.8, 4) is 0 Å². The molecule has 0 fully saturated rings. The normalized spacial score (nSPS) is 12.8. The highest BCUT2D eigenvalue weighted by atomic mass is 19.1. The van der Waals surface area contributed by atoms with Gasteiger partial charge in [-0.05, 0) is 42.7 Å². The smallest absolute Gasteiger partial charge is 0.139 e. The number of furan rings is 1. The third-order valence-electron chi connectivity index (χ3n) is 2.66. The first kappa shape index (κ1) is 10.9. The SMILES string of the molecule is Cc1ccc(C(O)c2occc2C)cc1F. The zero-order chi connectivity index (χ0) is 11.7. The van der Waals surface area contributed by atoms with E-state index in [1.807, 2.05) is 6.92 Å². The molecule has 1 unspecified atom stereocenters. The zero-order valence-corrected chi connectivity index (χ0v) is 9.20. The van der Waals surface area contributed by atoms with Crippen molar-refractivity contribution in [1.29, 1.82) is 0 Å². The molecule has 0 bridgehead atoms. The minimum absolute atomic E-state index is 0.319. The highest BCUT2D eigenvalue weighted by molar-refractivity contribution is 5.31. The molecule has 0 spiro atoms. The Balaban J connectivity index is 2.38. The van der Waals surface area contributed by atoms with Crippen LogP contribution in [0.1, 0.15) is 28.6 Å². The molecule has 0 aliphatic rings. The Morgan fingerprint density at radius 1 is 1.19 bits per heavy atom. The largest absolute Gasteiger partial charge is 0.466 e. The molecule has 16 heavy (non-hydrogen) atoms. The van der Waals surface area contributed by atoms with Gasteiger partial charge in [0.25, 0.3) is 0 Å². The van der Waals surface area contributed by atoms with E-state index in [-0.39, 0.29) is 5.82 Å². The molecule has 3 heteroatoms. The number of hydrogen-bond donors (Lipinski definition) is 1. The standard InChI is InChI=1S/C13H13FO2/c1-8-3-4-10(7-11(8)14)12(15)13-9(2)5-6-16-13/h3-7,12,15H,1-2H3. The van der Waals surface area contributed by atoms with E-state index in [2.05, 4.69) is 0 Å². The predicted molar refractivity (Wildman–Crippen MR) is 58.6 cm³/mol. The number of halogens is 1. The molecule has 2 nitrogen and oxygen atoms in total. The van der Waals surface area contributed by atoms with Gasteiger partial charge >= 0.3 is 0 Å². The first-order valence-corrected chi connectivity index (χ1v) is 5.07. The maximum Gasteiger partial charge on any atom is 0.139 e. The lowest BCUT2D eigenvalue weighted by Gasteiger charge is -2.10. The third-order valence-corrected chi connectivity index (χ3v) is 2.66. The fourth-order valence-corrected chi connectivity index (χ4v) is 1.60. The van der Waals surface area contributed by atoms with E-state index in [9.17, 15) is 9.50 Å². The summed E-state index contributed by atoms with van der Waals surface area (Å²) in [5.74, 6) is 0.143. The topological polar surface area (TPSA) is 33.4 Å². The molecule has 0 saturated heterocycles. The van der Waals surface area contributed by atoms with Gasteiger partial charge < -0.3 is 9.52 Å². The zero-order valence-electron chi connectivity index (χ0n) is 9.20. The Morgan fingerprint density at radius 3 is 2.50 bits per heavy atom. The molecule has 0 amide bonds. The molecule has 2 rings (SSSR count). The predicted octanol–water partition coefficient (Wildman–Crippen LogP) is 3.12. The molecule has 1 atom stereocenters. The average Bonchev–Trinajstić information content (AvgIpc) is 2.67. The second-order valence-electron chi connectivity index (χ2n) is 3.88. The Bertz CT molecular complexity index is 502. The molecule has 1 N–H and O–H groups in total. The van der Waals surface area contributed by atoms with Gasteiger partial charge in [-0.3, -0.25) is 0 Å². The first-order valence-electron chi connectivity index (χ1n) is 5.07. The van der Waals surface area contributed by atoms with Crippen molar-refractivity contribution in [3.63, 3.8) is 0 Å². The summed E-state index contributed by atoms with van der Waals surface area (Å²) < 4.78 is 18.5. The van der Waals surface area contributed by atoms with Gasteiger partial charge in [-0.15, -0.1) is 0 Å². The molecule has 84 valence electrons. The molecule has 1 aromatic heterocycles. The highest BCUT2D eigenvalue weighted by Gasteiger charge is 2.16. The summed E-state index contributed by atoms with van der Waals surface area (Å²) in [6.07, 6.45) is 0.600. The molecule has 0 radical (unpaired) electrons. The monoisotopic (exact) mass is 220 g/mol. The number of aliphatic hydroxyl groups is 1. The van der Waals surface area contributed by atoms with Crippen LogP contribution in [0.2, 0.25) is 0 Å². The Morgan fingerprint density at radius 2 is 1.94 bits per heavy atom. The van der Waals surface area contributed by atoms with Crippen LogP contribution in [0.15, 0.2) is 34.9 Å². The van der Waals surface area contributed by atoms with E-state index in [1.165, 1.54) is 12.3 Å². The minimum Gasteiger partial charge on any atom is -0.466 e. The van der Waals surface area contributed by atoms with Crippen LogP contribution in [0.4, 0.5) is 4.39 Å². The maximum atomic E-state index is 13.3. The fourth-order valence-electron chi connectivity index (χ4n) is 1.60. The summed E-state index contributed by atoms with van der Waals surface area (Å²) in [5.41, 5.74) is 1.92. The quantitative estimate of drug-likeness (QED) is 0.843. The molecule has 2 aromatic rings. The van der Waals surface area contributed by atoms with Crippen LogP contribution in [0.25, 0.3) is 0 Å². The van der Waals surface area contributed by atoms with Crippen molar-refractivity contribution in [3.05, 3.63) is 58.8 Å². The van der Waals surface area contributed by atoms with Gasteiger partial charge in [0.15, 0.2) is 0 Å². The summed E-state index contributed by atoms with van der Waals surface area (Å²) in [6.45, 7) is 3.52. The van der Waals surface area contributed by atoms with Crippen LogP contribution in [-0.2, 0) is 0 Å². The van der Waals surface area contributed by atoms with Gasteiger partial charge in [0.1, 0.15) is 17.7 Å². The summed E-state index contributed by atoms with van der Waals surface area (Å²) in [4.78, 5) is 0.